The van der Waals surface area contributed by atoms with Crippen molar-refractivity contribution in [3.05, 3.63) is 29.3 Å². The predicted octanol–water partition coefficient (Wildman–Crippen LogP) is 3.65. The fourth-order valence-electron chi connectivity index (χ4n) is 1.15. The van der Waals surface area contributed by atoms with Gasteiger partial charge in [0.25, 0.3) is 0 Å². The lowest BCUT2D eigenvalue weighted by Crippen LogP contribution is -2.40. The highest BCUT2D eigenvalue weighted by Crippen LogP contribution is 2.41. The molecule has 100 valence electrons. The molecule has 1 aromatic rings. The average Bonchev–Trinajstić information content (AvgIpc) is 2.18. The molecule has 8 heteroatoms. The largest absolute Gasteiger partial charge is 0.478 e. The van der Waals surface area contributed by atoms with Gasteiger partial charge in [-0.1, -0.05) is 6.07 Å². The molecule has 1 N–H and O–H groups in total. The van der Waals surface area contributed by atoms with Crippen LogP contribution in [0.25, 0.3) is 0 Å². The topological polar surface area (TPSA) is 46.5 Å². The van der Waals surface area contributed by atoms with Crippen LogP contribution < -0.4 is 4.74 Å². The summed E-state index contributed by atoms with van der Waals surface area (Å²) in [4.78, 5) is 10.8. The van der Waals surface area contributed by atoms with Gasteiger partial charge in [-0.2, -0.15) is 17.6 Å². The summed E-state index contributed by atoms with van der Waals surface area (Å²) < 4.78 is 50.0. The van der Waals surface area contributed by atoms with Crippen molar-refractivity contribution in [1.82, 2.24) is 0 Å². The van der Waals surface area contributed by atoms with Gasteiger partial charge in [-0.15, -0.1) is 0 Å². The number of carbonyl (C=O) groups is 1. The lowest BCUT2D eigenvalue weighted by Gasteiger charge is -2.23. The Kier molecular flexibility index (Phi) is 3.89. The minimum Gasteiger partial charge on any atom is -0.478 e. The molecule has 0 aliphatic heterocycles. The molecule has 0 fully saturated rings. The summed E-state index contributed by atoms with van der Waals surface area (Å²) >= 11 is 1.77. The molecule has 0 amide bonds. The number of halogens is 5. The van der Waals surface area contributed by atoms with Gasteiger partial charge in [-0.05, 0) is 19.1 Å². The molecular weight excluding hydrogens is 324 g/mol. The van der Waals surface area contributed by atoms with Gasteiger partial charge in [0.05, 0.1) is 5.56 Å². The number of carboxylic acid groups (broad SMARTS) is 1. The molecule has 1 rings (SSSR count). The fourth-order valence-corrected chi connectivity index (χ4v) is 1.33. The van der Waals surface area contributed by atoms with E-state index in [-0.39, 0.29) is 11.1 Å². The number of ether oxygens (including phenoxy) is 1. The Morgan fingerprint density at radius 1 is 1.33 bits per heavy atom. The third-order valence-electron chi connectivity index (χ3n) is 2.08. The first-order valence-electron chi connectivity index (χ1n) is 4.52. The third kappa shape index (κ3) is 2.92. The van der Waals surface area contributed by atoms with Crippen molar-refractivity contribution < 1.29 is 32.2 Å². The number of aromatic carboxylic acids is 1. The molecule has 0 saturated heterocycles. The van der Waals surface area contributed by atoms with E-state index in [0.29, 0.717) is 0 Å². The highest BCUT2D eigenvalue weighted by molar-refractivity contribution is 9.10. The first-order valence-corrected chi connectivity index (χ1v) is 5.32. The lowest BCUT2D eigenvalue weighted by molar-refractivity contribution is -0.252. The van der Waals surface area contributed by atoms with E-state index in [4.69, 9.17) is 5.11 Å². The summed E-state index contributed by atoms with van der Waals surface area (Å²) in [6.07, 6.45) is -5.29. The Hall–Kier alpha value is -1.31. The average molecular weight is 331 g/mol. The third-order valence-corrected chi connectivity index (χ3v) is 2.69. The summed E-state index contributed by atoms with van der Waals surface area (Å²) in [5, 5.41) is 8.77. The Bertz CT molecular complexity index is 471. The van der Waals surface area contributed by atoms with E-state index in [9.17, 15) is 22.4 Å². The molecule has 0 spiro atoms. The molecule has 0 aliphatic carbocycles. The van der Waals surface area contributed by atoms with Gasteiger partial charge in [0.2, 0.25) is 0 Å². The lowest BCUT2D eigenvalue weighted by atomic mass is 10.1. The van der Waals surface area contributed by atoms with Crippen LogP contribution in [0, 0.1) is 6.92 Å². The standard InChI is InChI=1S/C10H7BrF4O3/c1-5-6(8(16)17)3-2-4-7(5)18-9(11,12)10(13,14)15/h2-4H,1H3,(H,16,17). The maximum atomic E-state index is 13.2. The van der Waals surface area contributed by atoms with Crippen molar-refractivity contribution >= 4 is 21.9 Å². The number of hydrogen-bond donors (Lipinski definition) is 1. The van der Waals surface area contributed by atoms with E-state index in [0.717, 1.165) is 12.1 Å². The van der Waals surface area contributed by atoms with E-state index in [1.54, 1.807) is 15.9 Å². The SMILES string of the molecule is Cc1c(OC(F)(Br)C(F)(F)F)cccc1C(=O)O. The van der Waals surface area contributed by atoms with Crippen molar-refractivity contribution in [2.45, 2.75) is 17.9 Å². The van der Waals surface area contributed by atoms with Crippen molar-refractivity contribution in [3.8, 4) is 5.75 Å². The number of benzene rings is 1. The Morgan fingerprint density at radius 2 is 1.89 bits per heavy atom. The second-order valence-electron chi connectivity index (χ2n) is 3.35. The van der Waals surface area contributed by atoms with Crippen LogP contribution in [-0.2, 0) is 0 Å². The summed E-state index contributed by atoms with van der Waals surface area (Å²) in [5.74, 6) is -1.85. The number of rotatable bonds is 3. The molecule has 1 unspecified atom stereocenters. The highest BCUT2D eigenvalue weighted by atomic mass is 79.9. The molecule has 3 nitrogen and oxygen atoms in total. The zero-order valence-corrected chi connectivity index (χ0v) is 10.5. The van der Waals surface area contributed by atoms with Crippen LogP contribution in [0.3, 0.4) is 0 Å². The molecular formula is C10H7BrF4O3. The number of hydrogen-bond acceptors (Lipinski definition) is 2. The molecule has 1 atom stereocenters. The second kappa shape index (κ2) is 4.75. The van der Waals surface area contributed by atoms with Crippen LogP contribution in [0.15, 0.2) is 18.2 Å². The summed E-state index contributed by atoms with van der Waals surface area (Å²) in [7, 11) is 0. The van der Waals surface area contributed by atoms with Gasteiger partial charge in [0, 0.05) is 21.5 Å². The molecule has 0 aliphatic rings. The van der Waals surface area contributed by atoms with E-state index >= 15 is 0 Å². The van der Waals surface area contributed by atoms with E-state index in [1.165, 1.54) is 13.0 Å². The van der Waals surface area contributed by atoms with E-state index in [1.807, 2.05) is 0 Å². The van der Waals surface area contributed by atoms with Crippen molar-refractivity contribution in [2.24, 2.45) is 0 Å². The zero-order valence-electron chi connectivity index (χ0n) is 8.89. The summed E-state index contributed by atoms with van der Waals surface area (Å²) in [5.41, 5.74) is -0.367. The first-order chi connectivity index (χ1) is 8.06. The number of alkyl halides is 5. The molecule has 0 aromatic heterocycles. The van der Waals surface area contributed by atoms with Gasteiger partial charge in [-0.3, -0.25) is 0 Å². The van der Waals surface area contributed by atoms with Crippen molar-refractivity contribution in [3.63, 3.8) is 0 Å². The Labute approximate surface area is 107 Å². The summed E-state index contributed by atoms with van der Waals surface area (Å²) in [6, 6.07) is 3.38. The first kappa shape index (κ1) is 14.7. The van der Waals surface area contributed by atoms with Gasteiger partial charge in [-0.25, -0.2) is 4.79 Å². The molecule has 18 heavy (non-hydrogen) atoms. The molecule has 0 radical (unpaired) electrons. The van der Waals surface area contributed by atoms with Gasteiger partial charge in [0.1, 0.15) is 5.75 Å². The maximum Gasteiger partial charge on any atom is 0.472 e. The van der Waals surface area contributed by atoms with Gasteiger partial charge >= 0.3 is 16.9 Å². The van der Waals surface area contributed by atoms with E-state index < -0.39 is 22.7 Å². The van der Waals surface area contributed by atoms with Crippen LogP contribution in [-0.4, -0.2) is 22.0 Å². The molecule has 1 aromatic carbocycles. The normalized spacial score (nSPS) is 15.0. The quantitative estimate of drug-likeness (QED) is 0.679. The smallest absolute Gasteiger partial charge is 0.472 e. The Balaban J connectivity index is 3.14. The predicted molar refractivity (Wildman–Crippen MR) is 57.6 cm³/mol. The number of carboxylic acids is 1. The van der Waals surface area contributed by atoms with Crippen LogP contribution in [0.4, 0.5) is 17.6 Å². The minimum absolute atomic E-state index is 0.101. The van der Waals surface area contributed by atoms with Crippen LogP contribution in [0.1, 0.15) is 15.9 Å². The fraction of sp³-hybridized carbons (Fsp3) is 0.300. The second-order valence-corrected chi connectivity index (χ2v) is 4.37. The molecule has 0 heterocycles. The summed E-state index contributed by atoms with van der Waals surface area (Å²) in [6.45, 7) is 1.22. The van der Waals surface area contributed by atoms with Crippen molar-refractivity contribution in [2.75, 3.05) is 0 Å². The Morgan fingerprint density at radius 3 is 2.33 bits per heavy atom. The molecule has 0 bridgehead atoms. The minimum atomic E-state index is -5.29. The van der Waals surface area contributed by atoms with Crippen molar-refractivity contribution in [1.29, 1.82) is 0 Å². The van der Waals surface area contributed by atoms with Crippen LogP contribution in [0.2, 0.25) is 0 Å². The van der Waals surface area contributed by atoms with Gasteiger partial charge < -0.3 is 9.84 Å². The monoisotopic (exact) mass is 330 g/mol. The van der Waals surface area contributed by atoms with Crippen LogP contribution in [0.5, 0.6) is 5.75 Å². The van der Waals surface area contributed by atoms with Crippen LogP contribution >= 0.6 is 15.9 Å². The maximum absolute atomic E-state index is 13.2. The highest BCUT2D eigenvalue weighted by Gasteiger charge is 2.57. The zero-order chi connectivity index (χ0) is 14.1. The van der Waals surface area contributed by atoms with E-state index in [2.05, 4.69) is 4.74 Å². The van der Waals surface area contributed by atoms with Gasteiger partial charge in [0.15, 0.2) is 0 Å². The molecule has 0 saturated carbocycles.